The molecule has 3 heteroatoms. The van der Waals surface area contributed by atoms with Crippen molar-refractivity contribution in [2.45, 2.75) is 25.7 Å². The van der Waals surface area contributed by atoms with E-state index < -0.39 is 0 Å². The van der Waals surface area contributed by atoms with Gasteiger partial charge in [-0.25, -0.2) is 0 Å². The average molecular weight is 268 g/mol. The second-order valence-electron chi connectivity index (χ2n) is 6.42. The van der Waals surface area contributed by atoms with Gasteiger partial charge in [-0.15, -0.1) is 0 Å². The van der Waals surface area contributed by atoms with E-state index in [9.17, 15) is 4.79 Å². The highest BCUT2D eigenvalue weighted by atomic mass is 16.1. The molecule has 1 heterocycles. The normalized spacial score (nSPS) is 28.1. The lowest BCUT2D eigenvalue weighted by Crippen LogP contribution is -2.31. The van der Waals surface area contributed by atoms with Gasteiger partial charge in [0, 0.05) is 23.8 Å². The molecule has 2 bridgehead atoms. The molecular formula is C17H20N2O. The summed E-state index contributed by atoms with van der Waals surface area (Å²) in [5.74, 6) is 2.58. The van der Waals surface area contributed by atoms with E-state index in [0.29, 0.717) is 5.92 Å². The SMILES string of the molecule is O=C(NCC1CC2CCC1C2)c1ccc2cc[nH]c2c1. The van der Waals surface area contributed by atoms with Crippen molar-refractivity contribution in [3.8, 4) is 0 Å². The van der Waals surface area contributed by atoms with Crippen molar-refractivity contribution in [2.75, 3.05) is 6.54 Å². The Labute approximate surface area is 118 Å². The molecule has 4 rings (SSSR count). The van der Waals surface area contributed by atoms with Gasteiger partial charge in [-0.3, -0.25) is 4.79 Å². The van der Waals surface area contributed by atoms with Crippen molar-refractivity contribution in [1.29, 1.82) is 0 Å². The molecule has 2 fully saturated rings. The van der Waals surface area contributed by atoms with Crippen LogP contribution in [0, 0.1) is 17.8 Å². The molecule has 20 heavy (non-hydrogen) atoms. The summed E-state index contributed by atoms with van der Waals surface area (Å²) in [6.07, 6.45) is 7.41. The van der Waals surface area contributed by atoms with Crippen LogP contribution in [0.3, 0.4) is 0 Å². The van der Waals surface area contributed by atoms with Crippen molar-refractivity contribution in [1.82, 2.24) is 10.3 Å². The summed E-state index contributed by atoms with van der Waals surface area (Å²) in [6, 6.07) is 7.86. The third kappa shape index (κ3) is 2.01. The number of rotatable bonds is 3. The molecule has 2 aliphatic carbocycles. The fraction of sp³-hybridized carbons (Fsp3) is 0.471. The van der Waals surface area contributed by atoms with Crippen LogP contribution in [-0.4, -0.2) is 17.4 Å². The molecule has 2 aromatic rings. The minimum Gasteiger partial charge on any atom is -0.361 e. The van der Waals surface area contributed by atoms with E-state index in [4.69, 9.17) is 0 Å². The first-order chi connectivity index (χ1) is 9.79. The Balaban J connectivity index is 1.42. The van der Waals surface area contributed by atoms with Gasteiger partial charge in [0.15, 0.2) is 0 Å². The summed E-state index contributed by atoms with van der Waals surface area (Å²) in [4.78, 5) is 15.4. The molecule has 1 aromatic carbocycles. The summed E-state index contributed by atoms with van der Waals surface area (Å²) in [5, 5.41) is 4.28. The number of hydrogen-bond donors (Lipinski definition) is 2. The van der Waals surface area contributed by atoms with Crippen LogP contribution >= 0.6 is 0 Å². The van der Waals surface area contributed by atoms with Crippen LogP contribution in [0.5, 0.6) is 0 Å². The van der Waals surface area contributed by atoms with Gasteiger partial charge in [-0.1, -0.05) is 12.5 Å². The number of fused-ring (bicyclic) bond motifs is 3. The molecule has 3 nitrogen and oxygen atoms in total. The number of nitrogens with one attached hydrogen (secondary N) is 2. The van der Waals surface area contributed by atoms with E-state index in [2.05, 4.69) is 10.3 Å². The summed E-state index contributed by atoms with van der Waals surface area (Å²) in [5.41, 5.74) is 1.78. The van der Waals surface area contributed by atoms with Gasteiger partial charge in [-0.05, 0) is 60.6 Å². The maximum absolute atomic E-state index is 12.2. The topological polar surface area (TPSA) is 44.9 Å². The Hall–Kier alpha value is -1.77. The standard InChI is InChI=1S/C17H20N2O/c20-17(14-4-3-12-5-6-18-16(12)9-14)19-10-15-8-11-1-2-13(15)7-11/h3-6,9,11,13,15,18H,1-2,7-8,10H2,(H,19,20). The monoisotopic (exact) mass is 268 g/mol. The summed E-state index contributed by atoms with van der Waals surface area (Å²) in [6.45, 7) is 0.850. The molecule has 2 N–H and O–H groups in total. The Morgan fingerprint density at radius 2 is 2.20 bits per heavy atom. The summed E-state index contributed by atoms with van der Waals surface area (Å²) in [7, 11) is 0. The third-order valence-electron chi connectivity index (χ3n) is 5.23. The largest absolute Gasteiger partial charge is 0.361 e. The van der Waals surface area contributed by atoms with Crippen molar-refractivity contribution in [3.63, 3.8) is 0 Å². The number of H-pyrrole nitrogens is 1. The molecule has 104 valence electrons. The highest BCUT2D eigenvalue weighted by Gasteiger charge is 2.39. The maximum atomic E-state index is 12.2. The average Bonchev–Trinajstić information content (AvgIpc) is 3.19. The van der Waals surface area contributed by atoms with E-state index in [1.807, 2.05) is 30.5 Å². The first-order valence-electron chi connectivity index (χ1n) is 7.65. The second kappa shape index (κ2) is 4.65. The number of aromatic nitrogens is 1. The van der Waals surface area contributed by atoms with E-state index in [-0.39, 0.29) is 5.91 Å². The Kier molecular flexibility index (Phi) is 2.79. The van der Waals surface area contributed by atoms with Crippen LogP contribution in [0.4, 0.5) is 0 Å². The lowest BCUT2D eigenvalue weighted by molar-refractivity contribution is 0.0942. The van der Waals surface area contributed by atoms with Crippen LogP contribution < -0.4 is 5.32 Å². The van der Waals surface area contributed by atoms with Crippen LogP contribution in [0.1, 0.15) is 36.0 Å². The van der Waals surface area contributed by atoms with Crippen LogP contribution in [0.25, 0.3) is 10.9 Å². The van der Waals surface area contributed by atoms with Gasteiger partial charge in [-0.2, -0.15) is 0 Å². The third-order valence-corrected chi connectivity index (χ3v) is 5.23. The molecule has 0 spiro atoms. The molecule has 1 amide bonds. The Bertz CT molecular complexity index is 645. The highest BCUT2D eigenvalue weighted by Crippen LogP contribution is 2.47. The summed E-state index contributed by atoms with van der Waals surface area (Å²) >= 11 is 0. The quantitative estimate of drug-likeness (QED) is 0.881. The minimum atomic E-state index is 0.0595. The van der Waals surface area contributed by atoms with Gasteiger partial charge in [0.1, 0.15) is 0 Å². The molecule has 2 saturated carbocycles. The molecule has 3 unspecified atom stereocenters. The minimum absolute atomic E-state index is 0.0595. The van der Waals surface area contributed by atoms with Gasteiger partial charge in [0.25, 0.3) is 5.91 Å². The van der Waals surface area contributed by atoms with E-state index >= 15 is 0 Å². The van der Waals surface area contributed by atoms with Gasteiger partial charge < -0.3 is 10.3 Å². The van der Waals surface area contributed by atoms with E-state index in [1.54, 1.807) is 0 Å². The number of carbonyl (C=O) groups excluding carboxylic acids is 1. The number of benzene rings is 1. The van der Waals surface area contributed by atoms with Crippen molar-refractivity contribution >= 4 is 16.8 Å². The number of amides is 1. The summed E-state index contributed by atoms with van der Waals surface area (Å²) < 4.78 is 0. The maximum Gasteiger partial charge on any atom is 0.251 e. The smallest absolute Gasteiger partial charge is 0.251 e. The van der Waals surface area contributed by atoms with E-state index in [0.717, 1.165) is 34.8 Å². The molecule has 0 saturated heterocycles. The van der Waals surface area contributed by atoms with Crippen LogP contribution in [0.15, 0.2) is 30.5 Å². The van der Waals surface area contributed by atoms with Gasteiger partial charge in [0.05, 0.1) is 0 Å². The van der Waals surface area contributed by atoms with Crippen LogP contribution in [-0.2, 0) is 0 Å². The molecular weight excluding hydrogens is 248 g/mol. The van der Waals surface area contributed by atoms with E-state index in [1.165, 1.54) is 25.7 Å². The zero-order valence-electron chi connectivity index (χ0n) is 11.6. The molecule has 1 aromatic heterocycles. The van der Waals surface area contributed by atoms with Crippen molar-refractivity contribution in [3.05, 3.63) is 36.0 Å². The molecule has 0 radical (unpaired) electrons. The zero-order chi connectivity index (χ0) is 13.5. The number of carbonyl (C=O) groups is 1. The highest BCUT2D eigenvalue weighted by molar-refractivity contribution is 5.97. The lowest BCUT2D eigenvalue weighted by atomic mass is 9.89. The lowest BCUT2D eigenvalue weighted by Gasteiger charge is -2.21. The predicted octanol–water partition coefficient (Wildman–Crippen LogP) is 3.33. The van der Waals surface area contributed by atoms with Crippen molar-refractivity contribution < 1.29 is 4.79 Å². The number of hydrogen-bond acceptors (Lipinski definition) is 1. The Morgan fingerprint density at radius 1 is 1.25 bits per heavy atom. The number of aromatic amines is 1. The van der Waals surface area contributed by atoms with Gasteiger partial charge in [0.2, 0.25) is 0 Å². The fourth-order valence-corrected chi connectivity index (χ4v) is 4.14. The van der Waals surface area contributed by atoms with Gasteiger partial charge >= 0.3 is 0 Å². The van der Waals surface area contributed by atoms with Crippen LogP contribution in [0.2, 0.25) is 0 Å². The first kappa shape index (κ1) is 12.0. The molecule has 0 aliphatic heterocycles. The Morgan fingerprint density at radius 3 is 3.00 bits per heavy atom. The first-order valence-corrected chi connectivity index (χ1v) is 7.65. The zero-order valence-corrected chi connectivity index (χ0v) is 11.6. The second-order valence-corrected chi connectivity index (χ2v) is 6.42. The van der Waals surface area contributed by atoms with Crippen molar-refractivity contribution in [2.24, 2.45) is 17.8 Å². The molecule has 2 aliphatic rings. The molecule has 3 atom stereocenters. The fourth-order valence-electron chi connectivity index (χ4n) is 4.14. The predicted molar refractivity (Wildman–Crippen MR) is 79.6 cm³/mol.